The minimum Gasteiger partial charge on any atom is -0.497 e. The standard InChI is InChI=1S/C19H18N2O4S/c1-3-24-17-10-5-4-9-15(17)18-20-21-19(25-18)26-12-16(22)13-7-6-8-14(11-13)23-2/h4-11H,3,12H2,1-2H3. The van der Waals surface area contributed by atoms with E-state index in [2.05, 4.69) is 10.2 Å². The predicted octanol–water partition coefficient (Wildman–Crippen LogP) is 4.12. The molecule has 0 fully saturated rings. The second kappa shape index (κ2) is 8.53. The zero-order chi connectivity index (χ0) is 18.4. The maximum atomic E-state index is 12.3. The van der Waals surface area contributed by atoms with Gasteiger partial charge in [0.05, 0.1) is 25.0 Å². The molecule has 3 rings (SSSR count). The van der Waals surface area contributed by atoms with Crippen LogP contribution >= 0.6 is 11.8 Å². The average molecular weight is 370 g/mol. The Morgan fingerprint density at radius 2 is 2.00 bits per heavy atom. The first-order chi connectivity index (χ1) is 12.7. The number of carbonyl (C=O) groups is 1. The van der Waals surface area contributed by atoms with Gasteiger partial charge in [0, 0.05) is 5.56 Å². The molecule has 0 radical (unpaired) electrons. The quantitative estimate of drug-likeness (QED) is 0.436. The molecule has 0 spiro atoms. The van der Waals surface area contributed by atoms with E-state index in [-0.39, 0.29) is 11.5 Å². The number of para-hydroxylation sites is 1. The number of hydrogen-bond donors (Lipinski definition) is 0. The summed E-state index contributed by atoms with van der Waals surface area (Å²) in [6.07, 6.45) is 0. The predicted molar refractivity (Wildman–Crippen MR) is 99.0 cm³/mol. The fraction of sp³-hybridized carbons (Fsp3) is 0.211. The van der Waals surface area contributed by atoms with Crippen LogP contribution in [0.1, 0.15) is 17.3 Å². The molecule has 0 amide bonds. The van der Waals surface area contributed by atoms with Gasteiger partial charge < -0.3 is 13.9 Å². The van der Waals surface area contributed by atoms with Crippen molar-refractivity contribution in [3.05, 3.63) is 54.1 Å². The molecule has 0 aliphatic heterocycles. The lowest BCUT2D eigenvalue weighted by atomic mass is 10.1. The summed E-state index contributed by atoms with van der Waals surface area (Å²) < 4.78 is 16.4. The summed E-state index contributed by atoms with van der Waals surface area (Å²) in [6.45, 7) is 2.46. The van der Waals surface area contributed by atoms with Gasteiger partial charge >= 0.3 is 0 Å². The molecule has 26 heavy (non-hydrogen) atoms. The van der Waals surface area contributed by atoms with Crippen LogP contribution < -0.4 is 9.47 Å². The van der Waals surface area contributed by atoms with Crippen LogP contribution in [0.3, 0.4) is 0 Å². The number of benzene rings is 2. The number of ether oxygens (including phenoxy) is 2. The molecule has 0 saturated carbocycles. The van der Waals surface area contributed by atoms with Gasteiger partial charge in [-0.2, -0.15) is 0 Å². The maximum absolute atomic E-state index is 12.3. The summed E-state index contributed by atoms with van der Waals surface area (Å²) in [5, 5.41) is 8.40. The van der Waals surface area contributed by atoms with Crippen LogP contribution in [0.25, 0.3) is 11.5 Å². The number of aromatic nitrogens is 2. The van der Waals surface area contributed by atoms with Crippen molar-refractivity contribution in [3.63, 3.8) is 0 Å². The first kappa shape index (κ1) is 18.0. The molecule has 2 aromatic carbocycles. The highest BCUT2D eigenvalue weighted by molar-refractivity contribution is 7.99. The van der Waals surface area contributed by atoms with Crippen LogP contribution in [-0.2, 0) is 0 Å². The molecule has 0 aliphatic rings. The minimum atomic E-state index is -0.0385. The number of rotatable bonds is 8. The second-order valence-electron chi connectivity index (χ2n) is 5.25. The number of carbonyl (C=O) groups excluding carboxylic acids is 1. The van der Waals surface area contributed by atoms with Crippen LogP contribution in [0.15, 0.2) is 58.2 Å². The van der Waals surface area contributed by atoms with Gasteiger partial charge in [-0.15, -0.1) is 10.2 Å². The number of Topliss-reactive ketones (excluding diaryl/α,β-unsaturated/α-hetero) is 1. The molecule has 1 aromatic heterocycles. The minimum absolute atomic E-state index is 0.0385. The summed E-state index contributed by atoms with van der Waals surface area (Å²) in [4.78, 5) is 12.3. The third-order valence-electron chi connectivity index (χ3n) is 3.54. The van der Waals surface area contributed by atoms with Crippen molar-refractivity contribution in [1.29, 1.82) is 0 Å². The molecular weight excluding hydrogens is 352 g/mol. The van der Waals surface area contributed by atoms with Crippen LogP contribution in [0.2, 0.25) is 0 Å². The first-order valence-electron chi connectivity index (χ1n) is 8.07. The fourth-order valence-electron chi connectivity index (χ4n) is 2.31. The van der Waals surface area contributed by atoms with Gasteiger partial charge in [-0.3, -0.25) is 4.79 Å². The third-order valence-corrected chi connectivity index (χ3v) is 4.36. The summed E-state index contributed by atoms with van der Waals surface area (Å²) in [5.74, 6) is 1.85. The topological polar surface area (TPSA) is 74.5 Å². The molecule has 0 bridgehead atoms. The van der Waals surface area contributed by atoms with Gasteiger partial charge in [-0.25, -0.2) is 0 Å². The van der Waals surface area contributed by atoms with Crippen LogP contribution in [0.4, 0.5) is 0 Å². The number of thioether (sulfide) groups is 1. The molecule has 6 nitrogen and oxygen atoms in total. The maximum Gasteiger partial charge on any atom is 0.277 e. The lowest BCUT2D eigenvalue weighted by Crippen LogP contribution is -2.02. The number of ketones is 1. The molecule has 0 aliphatic carbocycles. The summed E-state index contributed by atoms with van der Waals surface area (Å²) >= 11 is 1.20. The van der Waals surface area contributed by atoms with E-state index in [1.807, 2.05) is 31.2 Å². The van der Waals surface area contributed by atoms with Gasteiger partial charge in [0.25, 0.3) is 11.1 Å². The smallest absolute Gasteiger partial charge is 0.277 e. The molecule has 0 N–H and O–H groups in total. The van der Waals surface area contributed by atoms with E-state index in [9.17, 15) is 4.79 Å². The van der Waals surface area contributed by atoms with Crippen molar-refractivity contribution in [3.8, 4) is 23.0 Å². The Morgan fingerprint density at radius 1 is 1.15 bits per heavy atom. The molecule has 134 valence electrons. The van der Waals surface area contributed by atoms with Crippen LogP contribution in [-0.4, -0.2) is 35.5 Å². The molecular formula is C19H18N2O4S. The molecule has 1 heterocycles. The largest absolute Gasteiger partial charge is 0.497 e. The molecule has 3 aromatic rings. The Morgan fingerprint density at radius 3 is 2.81 bits per heavy atom. The Bertz CT molecular complexity index is 895. The lowest BCUT2D eigenvalue weighted by molar-refractivity contribution is 0.102. The van der Waals surface area contributed by atoms with E-state index < -0.39 is 0 Å². The van der Waals surface area contributed by atoms with E-state index in [4.69, 9.17) is 13.9 Å². The summed E-state index contributed by atoms with van der Waals surface area (Å²) in [6, 6.07) is 14.5. The highest BCUT2D eigenvalue weighted by Gasteiger charge is 2.15. The molecule has 0 atom stereocenters. The average Bonchev–Trinajstić information content (AvgIpc) is 3.15. The lowest BCUT2D eigenvalue weighted by Gasteiger charge is -2.06. The van der Waals surface area contributed by atoms with Gasteiger partial charge in [0.2, 0.25) is 0 Å². The highest BCUT2D eigenvalue weighted by Crippen LogP contribution is 2.30. The molecule has 0 saturated heterocycles. The number of nitrogens with zero attached hydrogens (tertiary/aromatic N) is 2. The highest BCUT2D eigenvalue weighted by atomic mass is 32.2. The van der Waals surface area contributed by atoms with E-state index in [1.165, 1.54) is 11.8 Å². The fourth-order valence-corrected chi connectivity index (χ4v) is 2.97. The van der Waals surface area contributed by atoms with Crippen molar-refractivity contribution in [2.75, 3.05) is 19.5 Å². The van der Waals surface area contributed by atoms with Crippen molar-refractivity contribution < 1.29 is 18.7 Å². The summed E-state index contributed by atoms with van der Waals surface area (Å²) in [5.41, 5.74) is 1.31. The zero-order valence-electron chi connectivity index (χ0n) is 14.5. The van der Waals surface area contributed by atoms with Crippen molar-refractivity contribution >= 4 is 17.5 Å². The third kappa shape index (κ3) is 4.23. The van der Waals surface area contributed by atoms with Crippen LogP contribution in [0, 0.1) is 0 Å². The monoisotopic (exact) mass is 370 g/mol. The number of methoxy groups -OCH3 is 1. The van der Waals surface area contributed by atoms with E-state index in [0.717, 1.165) is 5.56 Å². The Hall–Kier alpha value is -2.80. The molecule has 7 heteroatoms. The first-order valence-corrected chi connectivity index (χ1v) is 9.05. The van der Waals surface area contributed by atoms with Gasteiger partial charge in [-0.1, -0.05) is 36.0 Å². The molecule has 0 unspecified atom stereocenters. The summed E-state index contributed by atoms with van der Waals surface area (Å²) in [7, 11) is 1.57. The zero-order valence-corrected chi connectivity index (χ0v) is 15.3. The second-order valence-corrected chi connectivity index (χ2v) is 6.17. The van der Waals surface area contributed by atoms with Crippen molar-refractivity contribution in [2.24, 2.45) is 0 Å². The van der Waals surface area contributed by atoms with E-state index in [0.29, 0.717) is 34.8 Å². The Kier molecular flexibility index (Phi) is 5.91. The van der Waals surface area contributed by atoms with Crippen molar-refractivity contribution in [1.82, 2.24) is 10.2 Å². The normalized spacial score (nSPS) is 10.5. The SMILES string of the molecule is CCOc1ccccc1-c1nnc(SCC(=O)c2cccc(OC)c2)o1. The number of hydrogen-bond acceptors (Lipinski definition) is 7. The van der Waals surface area contributed by atoms with Crippen LogP contribution in [0.5, 0.6) is 11.5 Å². The van der Waals surface area contributed by atoms with Crippen molar-refractivity contribution in [2.45, 2.75) is 12.1 Å². The van der Waals surface area contributed by atoms with E-state index >= 15 is 0 Å². The Balaban J connectivity index is 1.68. The van der Waals surface area contributed by atoms with E-state index in [1.54, 1.807) is 31.4 Å². The van der Waals surface area contributed by atoms with Gasteiger partial charge in [-0.05, 0) is 31.2 Å². The van der Waals surface area contributed by atoms with Gasteiger partial charge in [0.1, 0.15) is 11.5 Å². The Labute approximate surface area is 155 Å². The van der Waals surface area contributed by atoms with Gasteiger partial charge in [0.15, 0.2) is 5.78 Å².